The van der Waals surface area contributed by atoms with E-state index in [0.29, 0.717) is 23.8 Å². The van der Waals surface area contributed by atoms with E-state index in [0.717, 1.165) is 44.0 Å². The number of hydrogen-bond donors (Lipinski definition) is 2. The van der Waals surface area contributed by atoms with Crippen molar-refractivity contribution in [1.29, 1.82) is 0 Å². The standard InChI is InChI=1S/C23H27F6N3O2S/c1-3-9-32(11-14-7-8-14)12-17(33)21-31-19(23(27,28)29)18(35-21)20(34)30-13(2)15-5-4-6-16(10-15)22(24,25)26/h4-6,10,13-14,17,33H,3,7-9,11-12H2,1-2H3,(H,30,34). The number of aliphatic hydroxyl groups is 1. The minimum atomic E-state index is -4.95. The summed E-state index contributed by atoms with van der Waals surface area (Å²) in [5, 5.41) is 12.7. The number of carbonyl (C=O) groups is 1. The molecule has 1 saturated carbocycles. The summed E-state index contributed by atoms with van der Waals surface area (Å²) in [4.78, 5) is 17.5. The summed E-state index contributed by atoms with van der Waals surface area (Å²) in [6.45, 7) is 4.84. The normalized spacial score (nSPS) is 16.4. The summed E-state index contributed by atoms with van der Waals surface area (Å²) in [6.07, 6.45) is -7.88. The van der Waals surface area contributed by atoms with Crippen molar-refractivity contribution < 1.29 is 36.2 Å². The van der Waals surface area contributed by atoms with E-state index in [1.54, 1.807) is 0 Å². The zero-order valence-corrected chi connectivity index (χ0v) is 20.0. The zero-order valence-electron chi connectivity index (χ0n) is 19.2. The van der Waals surface area contributed by atoms with Crippen molar-refractivity contribution >= 4 is 17.2 Å². The maximum Gasteiger partial charge on any atom is 0.435 e. The topological polar surface area (TPSA) is 65.5 Å². The van der Waals surface area contributed by atoms with Crippen LogP contribution in [0.2, 0.25) is 0 Å². The summed E-state index contributed by atoms with van der Waals surface area (Å²) in [7, 11) is 0. The van der Waals surface area contributed by atoms with Crippen LogP contribution in [0.4, 0.5) is 26.3 Å². The summed E-state index contributed by atoms with van der Waals surface area (Å²) in [5.41, 5.74) is -2.27. The fraction of sp³-hybridized carbons (Fsp3) is 0.565. The monoisotopic (exact) mass is 523 g/mol. The lowest BCUT2D eigenvalue weighted by Gasteiger charge is -2.23. The molecule has 0 radical (unpaired) electrons. The molecule has 1 aromatic heterocycles. The first kappa shape index (κ1) is 27.4. The fourth-order valence-electron chi connectivity index (χ4n) is 3.72. The van der Waals surface area contributed by atoms with E-state index in [1.807, 2.05) is 11.8 Å². The van der Waals surface area contributed by atoms with E-state index < -0.39 is 46.5 Å². The van der Waals surface area contributed by atoms with Crippen LogP contribution in [-0.2, 0) is 12.4 Å². The van der Waals surface area contributed by atoms with Crippen LogP contribution in [0.25, 0.3) is 0 Å². The van der Waals surface area contributed by atoms with Crippen LogP contribution in [-0.4, -0.2) is 40.5 Å². The van der Waals surface area contributed by atoms with Crippen molar-refractivity contribution in [2.24, 2.45) is 5.92 Å². The summed E-state index contributed by atoms with van der Waals surface area (Å²) in [6, 6.07) is 3.20. The number of rotatable bonds is 10. The van der Waals surface area contributed by atoms with Crippen molar-refractivity contribution in [3.8, 4) is 0 Å². The van der Waals surface area contributed by atoms with Crippen LogP contribution in [0.1, 0.15) is 76.8 Å². The van der Waals surface area contributed by atoms with Gasteiger partial charge in [-0.1, -0.05) is 19.1 Å². The van der Waals surface area contributed by atoms with E-state index >= 15 is 0 Å². The molecule has 1 aliphatic carbocycles. The summed E-state index contributed by atoms with van der Waals surface area (Å²) in [5.74, 6) is -0.601. The molecule has 2 N–H and O–H groups in total. The SMILES string of the molecule is CCCN(CC1CC1)CC(O)c1nc(C(F)(F)F)c(C(=O)NC(C)c2cccc(C(F)(F)F)c2)s1. The van der Waals surface area contributed by atoms with E-state index in [1.165, 1.54) is 13.0 Å². The molecule has 0 aliphatic heterocycles. The number of aromatic nitrogens is 1. The molecule has 0 saturated heterocycles. The van der Waals surface area contributed by atoms with Gasteiger partial charge in [-0.05, 0) is 56.3 Å². The lowest BCUT2D eigenvalue weighted by molar-refractivity contribution is -0.141. The fourth-order valence-corrected chi connectivity index (χ4v) is 4.68. The Bertz CT molecular complexity index is 1020. The minimum Gasteiger partial charge on any atom is -0.385 e. The average Bonchev–Trinajstić information content (AvgIpc) is 3.44. The molecule has 5 nitrogen and oxygen atoms in total. The number of thiazole rings is 1. The quantitative estimate of drug-likeness (QED) is 0.385. The molecular formula is C23H27F6N3O2S. The number of alkyl halides is 6. The van der Waals surface area contributed by atoms with E-state index in [9.17, 15) is 36.2 Å². The Labute approximate surface area is 203 Å². The van der Waals surface area contributed by atoms with Crippen LogP contribution >= 0.6 is 11.3 Å². The second-order valence-electron chi connectivity index (χ2n) is 8.76. The minimum absolute atomic E-state index is 0.0850. The highest BCUT2D eigenvalue weighted by Crippen LogP contribution is 2.37. The first-order chi connectivity index (χ1) is 16.3. The van der Waals surface area contributed by atoms with Crippen molar-refractivity contribution in [3.05, 3.63) is 51.0 Å². The van der Waals surface area contributed by atoms with Crippen molar-refractivity contribution in [2.45, 2.75) is 57.6 Å². The molecule has 12 heteroatoms. The van der Waals surface area contributed by atoms with Gasteiger partial charge in [-0.3, -0.25) is 4.79 Å². The van der Waals surface area contributed by atoms with Crippen molar-refractivity contribution in [3.63, 3.8) is 0 Å². The number of nitrogens with one attached hydrogen (secondary N) is 1. The third kappa shape index (κ3) is 7.40. The number of carbonyl (C=O) groups excluding carboxylic acids is 1. The zero-order chi connectivity index (χ0) is 26.0. The van der Waals surface area contributed by atoms with Gasteiger partial charge >= 0.3 is 12.4 Å². The molecule has 2 atom stereocenters. The second kappa shape index (κ2) is 10.8. The van der Waals surface area contributed by atoms with E-state index in [4.69, 9.17) is 0 Å². The molecule has 1 aromatic carbocycles. The van der Waals surface area contributed by atoms with Gasteiger partial charge in [0.2, 0.25) is 0 Å². The molecule has 0 spiro atoms. The molecule has 3 rings (SSSR count). The number of nitrogens with zero attached hydrogens (tertiary/aromatic N) is 2. The predicted octanol–water partition coefficient (Wildman–Crippen LogP) is 5.83. The molecule has 2 aromatic rings. The summed E-state index contributed by atoms with van der Waals surface area (Å²) < 4.78 is 79.9. The first-order valence-corrected chi connectivity index (χ1v) is 12.1. The number of halogens is 6. The Morgan fingerprint density at radius 3 is 2.49 bits per heavy atom. The predicted molar refractivity (Wildman–Crippen MR) is 119 cm³/mol. The van der Waals surface area contributed by atoms with Gasteiger partial charge in [-0.15, -0.1) is 11.3 Å². The maximum atomic E-state index is 13.6. The molecule has 194 valence electrons. The van der Waals surface area contributed by atoms with Gasteiger partial charge in [0.05, 0.1) is 11.6 Å². The number of aliphatic hydroxyl groups excluding tert-OH is 1. The van der Waals surface area contributed by atoms with E-state index in [2.05, 4.69) is 10.3 Å². The Kier molecular flexibility index (Phi) is 8.48. The van der Waals surface area contributed by atoms with Gasteiger partial charge in [0.25, 0.3) is 5.91 Å². The van der Waals surface area contributed by atoms with Crippen molar-refractivity contribution in [2.75, 3.05) is 19.6 Å². The molecular weight excluding hydrogens is 496 g/mol. The Morgan fingerprint density at radius 1 is 1.23 bits per heavy atom. The highest BCUT2D eigenvalue weighted by Gasteiger charge is 2.41. The third-order valence-corrected chi connectivity index (χ3v) is 6.80. The number of amides is 1. The highest BCUT2D eigenvalue weighted by atomic mass is 32.1. The van der Waals surface area contributed by atoms with Gasteiger partial charge in [0.15, 0.2) is 5.69 Å². The van der Waals surface area contributed by atoms with Crippen LogP contribution in [0, 0.1) is 5.92 Å². The van der Waals surface area contributed by atoms with Gasteiger partial charge in [-0.2, -0.15) is 26.3 Å². The van der Waals surface area contributed by atoms with Gasteiger partial charge in [0.1, 0.15) is 16.0 Å². The largest absolute Gasteiger partial charge is 0.435 e. The van der Waals surface area contributed by atoms with Gasteiger partial charge in [0, 0.05) is 13.1 Å². The molecule has 1 heterocycles. The average molecular weight is 524 g/mol. The van der Waals surface area contributed by atoms with Crippen LogP contribution in [0.5, 0.6) is 0 Å². The van der Waals surface area contributed by atoms with Gasteiger partial charge in [-0.25, -0.2) is 4.98 Å². The molecule has 1 fully saturated rings. The van der Waals surface area contributed by atoms with Crippen molar-refractivity contribution in [1.82, 2.24) is 15.2 Å². The molecule has 0 bridgehead atoms. The Hall–Kier alpha value is -2.18. The Morgan fingerprint density at radius 2 is 1.91 bits per heavy atom. The van der Waals surface area contributed by atoms with Gasteiger partial charge < -0.3 is 15.3 Å². The van der Waals surface area contributed by atoms with Crippen LogP contribution in [0.15, 0.2) is 24.3 Å². The lowest BCUT2D eigenvalue weighted by Crippen LogP contribution is -2.31. The number of hydrogen-bond acceptors (Lipinski definition) is 5. The molecule has 35 heavy (non-hydrogen) atoms. The molecule has 1 aliphatic rings. The first-order valence-electron chi connectivity index (χ1n) is 11.3. The van der Waals surface area contributed by atoms with Crippen LogP contribution in [0.3, 0.4) is 0 Å². The second-order valence-corrected chi connectivity index (χ2v) is 9.80. The van der Waals surface area contributed by atoms with E-state index in [-0.39, 0.29) is 17.1 Å². The molecule has 2 unspecified atom stereocenters. The lowest BCUT2D eigenvalue weighted by atomic mass is 10.0. The number of benzene rings is 1. The molecule has 1 amide bonds. The third-order valence-electron chi connectivity index (χ3n) is 5.65. The smallest absolute Gasteiger partial charge is 0.385 e. The Balaban J connectivity index is 1.79. The highest BCUT2D eigenvalue weighted by molar-refractivity contribution is 7.13. The maximum absolute atomic E-state index is 13.6. The van der Waals surface area contributed by atoms with Crippen LogP contribution < -0.4 is 5.32 Å². The summed E-state index contributed by atoms with van der Waals surface area (Å²) >= 11 is 0.442.